The summed E-state index contributed by atoms with van der Waals surface area (Å²) >= 11 is 0. The molecule has 0 aliphatic heterocycles. The number of benzene rings is 3. The zero-order chi connectivity index (χ0) is 20.6. The van der Waals surface area contributed by atoms with Crippen LogP contribution in [-0.2, 0) is 10.7 Å². The van der Waals surface area contributed by atoms with Crippen molar-refractivity contribution in [1.82, 2.24) is 4.98 Å². The van der Waals surface area contributed by atoms with Crippen LogP contribution in [0.25, 0.3) is 10.9 Å². The lowest BCUT2D eigenvalue weighted by Gasteiger charge is -2.22. The quantitative estimate of drug-likeness (QED) is 0.434. The second-order valence-corrected chi connectivity index (χ2v) is 9.51. The highest BCUT2D eigenvalue weighted by atomic mass is 31.2. The average Bonchev–Trinajstić information content (AvgIpc) is 2.73. The maximum atomic E-state index is 14.5. The third-order valence-corrected chi connectivity index (χ3v) is 8.07. The van der Waals surface area contributed by atoms with Gasteiger partial charge in [-0.2, -0.15) is 13.2 Å². The van der Waals surface area contributed by atoms with E-state index in [2.05, 4.69) is 4.98 Å². The Kier molecular flexibility index (Phi) is 4.79. The van der Waals surface area contributed by atoms with Gasteiger partial charge in [-0.1, -0.05) is 66.7 Å². The van der Waals surface area contributed by atoms with E-state index in [0.717, 1.165) is 12.1 Å². The molecular weight excluding hydrogens is 394 g/mol. The van der Waals surface area contributed by atoms with Gasteiger partial charge in [0.25, 0.3) is 0 Å². The van der Waals surface area contributed by atoms with Gasteiger partial charge in [0.15, 0.2) is 7.14 Å². The Bertz CT molecular complexity index is 1180. The van der Waals surface area contributed by atoms with E-state index in [9.17, 15) is 17.7 Å². The van der Waals surface area contributed by atoms with Gasteiger partial charge in [-0.15, -0.1) is 0 Å². The van der Waals surface area contributed by atoms with Crippen molar-refractivity contribution in [3.05, 3.63) is 96.2 Å². The van der Waals surface area contributed by atoms with Gasteiger partial charge in [-0.05, 0) is 25.1 Å². The summed E-state index contributed by atoms with van der Waals surface area (Å²) in [5, 5.41) is 2.36. The van der Waals surface area contributed by atoms with Crippen molar-refractivity contribution in [3.63, 3.8) is 0 Å². The van der Waals surface area contributed by atoms with E-state index < -0.39 is 18.9 Å². The lowest BCUT2D eigenvalue weighted by Crippen LogP contribution is -2.27. The van der Waals surface area contributed by atoms with E-state index in [4.69, 9.17) is 0 Å². The molecule has 3 aromatic carbocycles. The second-order valence-electron chi connectivity index (χ2n) is 6.78. The fourth-order valence-corrected chi connectivity index (χ4v) is 6.32. The Balaban J connectivity index is 1.99. The number of hydrogen-bond donors (Lipinski definition) is 0. The maximum Gasteiger partial charge on any atom is 0.416 e. The van der Waals surface area contributed by atoms with Crippen molar-refractivity contribution in [2.75, 3.05) is 0 Å². The third-order valence-electron chi connectivity index (χ3n) is 4.89. The summed E-state index contributed by atoms with van der Waals surface area (Å²) < 4.78 is 53.7. The summed E-state index contributed by atoms with van der Waals surface area (Å²) in [6.07, 6.45) is -4.44. The first kappa shape index (κ1) is 19.4. The Morgan fingerprint density at radius 3 is 1.86 bits per heavy atom. The first-order valence-corrected chi connectivity index (χ1v) is 10.7. The largest absolute Gasteiger partial charge is 0.416 e. The zero-order valence-corrected chi connectivity index (χ0v) is 16.4. The minimum absolute atomic E-state index is 0.230. The van der Waals surface area contributed by atoms with Gasteiger partial charge in [0.05, 0.1) is 11.1 Å². The lowest BCUT2D eigenvalue weighted by molar-refractivity contribution is -0.137. The molecule has 0 unspecified atom stereocenters. The molecule has 0 aliphatic rings. The Morgan fingerprint density at radius 1 is 0.793 bits per heavy atom. The summed E-state index contributed by atoms with van der Waals surface area (Å²) in [7, 11) is -3.25. The Morgan fingerprint density at radius 2 is 1.34 bits per heavy atom. The molecule has 0 atom stereocenters. The van der Waals surface area contributed by atoms with E-state index in [1.54, 1.807) is 13.0 Å². The van der Waals surface area contributed by atoms with E-state index in [1.165, 1.54) is 6.07 Å². The van der Waals surface area contributed by atoms with Crippen LogP contribution < -0.4 is 15.9 Å². The van der Waals surface area contributed by atoms with Crippen LogP contribution in [0.15, 0.2) is 84.9 Å². The zero-order valence-electron chi connectivity index (χ0n) is 15.5. The number of fused-ring (bicyclic) bond motifs is 1. The van der Waals surface area contributed by atoms with Crippen LogP contribution in [0, 0.1) is 6.92 Å². The van der Waals surface area contributed by atoms with Gasteiger partial charge >= 0.3 is 6.18 Å². The van der Waals surface area contributed by atoms with Crippen molar-refractivity contribution in [3.8, 4) is 0 Å². The molecule has 1 heterocycles. The summed E-state index contributed by atoms with van der Waals surface area (Å²) in [6.45, 7) is 1.69. The van der Waals surface area contributed by atoms with Crippen molar-refractivity contribution in [2.24, 2.45) is 0 Å². The van der Waals surface area contributed by atoms with Gasteiger partial charge in [0, 0.05) is 27.0 Å². The van der Waals surface area contributed by atoms with Crippen molar-refractivity contribution < 1.29 is 17.7 Å². The Hall–Kier alpha value is -2.91. The maximum absolute atomic E-state index is 14.5. The highest BCUT2D eigenvalue weighted by Crippen LogP contribution is 2.43. The van der Waals surface area contributed by atoms with Gasteiger partial charge in [0.1, 0.15) is 0 Å². The van der Waals surface area contributed by atoms with Gasteiger partial charge in [-0.3, -0.25) is 4.98 Å². The van der Waals surface area contributed by atoms with Crippen LogP contribution in [0.2, 0.25) is 0 Å². The predicted octanol–water partition coefficient (Wildman–Crippen LogP) is 5.20. The third kappa shape index (κ3) is 3.47. The van der Waals surface area contributed by atoms with Crippen LogP contribution in [0.1, 0.15) is 11.3 Å². The molecule has 0 saturated heterocycles. The molecule has 0 aliphatic carbocycles. The average molecular weight is 411 g/mol. The molecule has 0 bridgehead atoms. The smallest absolute Gasteiger partial charge is 0.309 e. The van der Waals surface area contributed by atoms with Crippen LogP contribution in [0.5, 0.6) is 0 Å². The van der Waals surface area contributed by atoms with Gasteiger partial charge in [0.2, 0.25) is 0 Å². The van der Waals surface area contributed by atoms with Crippen molar-refractivity contribution in [1.29, 1.82) is 0 Å². The van der Waals surface area contributed by atoms with Gasteiger partial charge < -0.3 is 4.57 Å². The van der Waals surface area contributed by atoms with E-state index >= 15 is 0 Å². The SMILES string of the molecule is Cc1nc2cc(C(F)(F)F)ccc2cc1P(=O)(c1ccccc1)c1ccccc1. The molecule has 0 radical (unpaired) electrons. The number of rotatable bonds is 3. The lowest BCUT2D eigenvalue weighted by atomic mass is 10.1. The van der Waals surface area contributed by atoms with Crippen LogP contribution in [0.3, 0.4) is 0 Å². The summed E-state index contributed by atoms with van der Waals surface area (Å²) in [6, 6.07) is 23.4. The number of pyridine rings is 1. The standard InChI is InChI=1S/C23H17F3NOP/c1-16-22(14-17-12-13-18(23(24,25)26)15-21(17)27-16)29(28,19-8-4-2-5-9-19)20-10-6-3-7-11-20/h2-15H,1H3. The molecule has 146 valence electrons. The monoisotopic (exact) mass is 411 g/mol. The molecule has 0 N–H and O–H groups in total. The molecule has 0 spiro atoms. The first-order chi connectivity index (χ1) is 13.8. The minimum Gasteiger partial charge on any atom is -0.309 e. The molecule has 1 aromatic heterocycles. The van der Waals surface area contributed by atoms with Gasteiger partial charge in [-0.25, -0.2) is 0 Å². The fraction of sp³-hybridized carbons (Fsp3) is 0.0870. The van der Waals surface area contributed by atoms with Crippen molar-refractivity contribution in [2.45, 2.75) is 13.1 Å². The van der Waals surface area contributed by atoms with Crippen LogP contribution in [0.4, 0.5) is 13.2 Å². The molecule has 4 aromatic rings. The normalized spacial score (nSPS) is 12.3. The molecule has 0 saturated carbocycles. The number of alkyl halides is 3. The molecule has 29 heavy (non-hydrogen) atoms. The highest BCUT2D eigenvalue weighted by Gasteiger charge is 2.33. The number of nitrogens with zero attached hydrogens (tertiary/aromatic N) is 1. The number of aromatic nitrogens is 1. The molecule has 2 nitrogen and oxygen atoms in total. The Labute approximate surface area is 166 Å². The van der Waals surface area contributed by atoms with E-state index in [-0.39, 0.29) is 5.52 Å². The van der Waals surface area contributed by atoms with Crippen LogP contribution in [-0.4, -0.2) is 4.98 Å². The summed E-state index contributed by atoms with van der Waals surface area (Å²) in [4.78, 5) is 4.39. The summed E-state index contributed by atoms with van der Waals surface area (Å²) in [5.74, 6) is 0. The molecule has 0 fully saturated rings. The van der Waals surface area contributed by atoms with E-state index in [0.29, 0.717) is 27.0 Å². The minimum atomic E-state index is -4.44. The first-order valence-electron chi connectivity index (χ1n) is 9.00. The highest BCUT2D eigenvalue weighted by molar-refractivity contribution is 7.85. The molecule has 6 heteroatoms. The van der Waals surface area contributed by atoms with E-state index in [1.807, 2.05) is 60.7 Å². The second kappa shape index (κ2) is 7.16. The molecule has 0 amide bonds. The van der Waals surface area contributed by atoms with Crippen LogP contribution >= 0.6 is 7.14 Å². The predicted molar refractivity (Wildman–Crippen MR) is 111 cm³/mol. The number of hydrogen-bond acceptors (Lipinski definition) is 2. The fourth-order valence-electron chi connectivity index (χ4n) is 3.45. The molecular formula is C23H17F3NOP. The molecule has 4 rings (SSSR count). The topological polar surface area (TPSA) is 30.0 Å². The van der Waals surface area contributed by atoms with Crippen molar-refractivity contribution >= 4 is 34.0 Å². The summed E-state index contributed by atoms with van der Waals surface area (Å²) in [5.41, 5.74) is -0.0689. The number of aryl methyl sites for hydroxylation is 1. The number of halogens is 3.